The van der Waals surface area contributed by atoms with Crippen molar-refractivity contribution in [1.29, 1.82) is 0 Å². The lowest BCUT2D eigenvalue weighted by Crippen LogP contribution is -2.39. The molecule has 2 N–H and O–H groups in total. The van der Waals surface area contributed by atoms with Gasteiger partial charge in [0, 0.05) is 23.9 Å². The number of hydrogen-bond donors (Lipinski definition) is 1. The van der Waals surface area contributed by atoms with Gasteiger partial charge in [0.25, 0.3) is 5.69 Å². The number of carbonyl (C=O) groups is 2. The molecular formula is C19H16N4O6. The van der Waals surface area contributed by atoms with Gasteiger partial charge >= 0.3 is 5.76 Å². The Hall–Kier alpha value is -3.95. The summed E-state index contributed by atoms with van der Waals surface area (Å²) in [4.78, 5) is 48.7. The van der Waals surface area contributed by atoms with Crippen LogP contribution in [0.1, 0.15) is 22.3 Å². The van der Waals surface area contributed by atoms with E-state index in [1.165, 1.54) is 17.0 Å². The number of primary amides is 1. The summed E-state index contributed by atoms with van der Waals surface area (Å²) >= 11 is 0. The Morgan fingerprint density at radius 1 is 1.24 bits per heavy atom. The number of benzene rings is 2. The van der Waals surface area contributed by atoms with E-state index in [2.05, 4.69) is 0 Å². The van der Waals surface area contributed by atoms with Crippen molar-refractivity contribution in [3.63, 3.8) is 0 Å². The second kappa shape index (κ2) is 6.89. The fraction of sp³-hybridized carbons (Fsp3) is 0.211. The first-order chi connectivity index (χ1) is 13.9. The fourth-order valence-electron chi connectivity index (χ4n) is 3.65. The highest BCUT2D eigenvalue weighted by molar-refractivity contribution is 6.00. The minimum absolute atomic E-state index is 0.0343. The number of nitro groups is 1. The Morgan fingerprint density at radius 2 is 2.03 bits per heavy atom. The molecule has 0 fully saturated rings. The van der Waals surface area contributed by atoms with Crippen LogP contribution < -0.4 is 16.4 Å². The van der Waals surface area contributed by atoms with Crippen LogP contribution in [0.25, 0.3) is 11.1 Å². The van der Waals surface area contributed by atoms with Crippen molar-refractivity contribution in [3.05, 3.63) is 68.2 Å². The van der Waals surface area contributed by atoms with E-state index in [1.54, 1.807) is 18.2 Å². The Kier molecular flexibility index (Phi) is 4.38. The number of fused-ring (bicyclic) bond motifs is 2. The molecule has 2 aromatic carbocycles. The Balaban J connectivity index is 1.69. The molecule has 0 saturated carbocycles. The topological polar surface area (TPSA) is 142 Å². The van der Waals surface area contributed by atoms with Crippen molar-refractivity contribution in [2.75, 3.05) is 11.4 Å². The number of anilines is 1. The molecule has 10 heteroatoms. The molecule has 0 atom stereocenters. The molecule has 0 aliphatic carbocycles. The van der Waals surface area contributed by atoms with Gasteiger partial charge in [-0.3, -0.25) is 24.3 Å². The minimum atomic E-state index is -0.781. The molecule has 2 amide bonds. The lowest BCUT2D eigenvalue weighted by molar-refractivity contribution is -0.384. The van der Waals surface area contributed by atoms with Crippen LogP contribution >= 0.6 is 0 Å². The van der Waals surface area contributed by atoms with Crippen molar-refractivity contribution >= 4 is 34.3 Å². The number of hydrogen-bond acceptors (Lipinski definition) is 6. The second-order valence-corrected chi connectivity index (χ2v) is 6.68. The van der Waals surface area contributed by atoms with E-state index in [0.717, 1.165) is 10.6 Å². The van der Waals surface area contributed by atoms with Gasteiger partial charge in [-0.25, -0.2) is 4.79 Å². The monoisotopic (exact) mass is 396 g/mol. The van der Waals surface area contributed by atoms with Crippen molar-refractivity contribution in [1.82, 2.24) is 4.57 Å². The highest BCUT2D eigenvalue weighted by Crippen LogP contribution is 2.30. The van der Waals surface area contributed by atoms with E-state index >= 15 is 0 Å². The smallest absolute Gasteiger partial charge is 0.407 e. The molecule has 2 heterocycles. The third-order valence-electron chi connectivity index (χ3n) is 4.97. The molecule has 0 unspecified atom stereocenters. The number of nitrogens with zero attached hydrogens (tertiary/aromatic N) is 3. The van der Waals surface area contributed by atoms with Gasteiger partial charge in [-0.1, -0.05) is 6.07 Å². The van der Waals surface area contributed by atoms with E-state index < -0.39 is 16.6 Å². The Morgan fingerprint density at radius 3 is 2.76 bits per heavy atom. The maximum atomic E-state index is 13.0. The Labute approximate surface area is 163 Å². The summed E-state index contributed by atoms with van der Waals surface area (Å²) < 4.78 is 6.20. The van der Waals surface area contributed by atoms with Crippen LogP contribution in [-0.2, 0) is 17.8 Å². The number of carbonyl (C=O) groups excluding carboxylic acids is 2. The molecule has 1 aromatic heterocycles. The summed E-state index contributed by atoms with van der Waals surface area (Å²) in [6, 6.07) is 8.78. The molecule has 0 saturated heterocycles. The summed E-state index contributed by atoms with van der Waals surface area (Å²) in [6.45, 7) is 0.133. The van der Waals surface area contributed by atoms with Gasteiger partial charge in [0.1, 0.15) is 6.54 Å². The third kappa shape index (κ3) is 3.14. The van der Waals surface area contributed by atoms with Crippen LogP contribution in [0.2, 0.25) is 0 Å². The zero-order valence-corrected chi connectivity index (χ0v) is 15.2. The zero-order valence-electron chi connectivity index (χ0n) is 15.2. The zero-order chi connectivity index (χ0) is 20.7. The van der Waals surface area contributed by atoms with Crippen LogP contribution in [0, 0.1) is 10.1 Å². The van der Waals surface area contributed by atoms with Gasteiger partial charge in [-0.05, 0) is 36.6 Å². The van der Waals surface area contributed by atoms with E-state index in [-0.39, 0.29) is 29.2 Å². The SMILES string of the molecule is NC(=O)c1cccc2c1CCCN2C(=O)Cn1c(=O)oc2cc([N+](=O)[O-])ccc21. The lowest BCUT2D eigenvalue weighted by Gasteiger charge is -2.30. The highest BCUT2D eigenvalue weighted by Gasteiger charge is 2.27. The third-order valence-corrected chi connectivity index (χ3v) is 4.97. The first-order valence-corrected chi connectivity index (χ1v) is 8.86. The molecule has 4 rings (SSSR count). The standard InChI is InChI=1S/C19H16N4O6/c20-18(25)13-3-1-5-14-12(13)4-2-8-21(14)17(24)10-22-15-7-6-11(23(27)28)9-16(15)29-19(22)26/h1,3,5-7,9H,2,4,8,10H2,(H2,20,25). The van der Waals surface area contributed by atoms with Crippen LogP contribution in [0.3, 0.4) is 0 Å². The van der Waals surface area contributed by atoms with Crippen molar-refractivity contribution in [2.45, 2.75) is 19.4 Å². The number of aromatic nitrogens is 1. The quantitative estimate of drug-likeness (QED) is 0.524. The minimum Gasteiger partial charge on any atom is -0.407 e. The number of rotatable bonds is 4. The molecular weight excluding hydrogens is 380 g/mol. The molecule has 0 radical (unpaired) electrons. The summed E-state index contributed by atoms with van der Waals surface area (Å²) in [5, 5.41) is 10.9. The number of nitrogens with two attached hydrogens (primary N) is 1. The van der Waals surface area contributed by atoms with Crippen molar-refractivity contribution in [2.24, 2.45) is 5.73 Å². The molecule has 148 valence electrons. The first-order valence-electron chi connectivity index (χ1n) is 8.86. The van der Waals surface area contributed by atoms with E-state index in [9.17, 15) is 24.5 Å². The van der Waals surface area contributed by atoms with Crippen LogP contribution in [0.4, 0.5) is 11.4 Å². The molecule has 0 bridgehead atoms. The summed E-state index contributed by atoms with van der Waals surface area (Å²) in [7, 11) is 0. The van der Waals surface area contributed by atoms with Gasteiger partial charge in [-0.2, -0.15) is 0 Å². The van der Waals surface area contributed by atoms with E-state index in [0.29, 0.717) is 36.2 Å². The molecule has 1 aliphatic heterocycles. The van der Waals surface area contributed by atoms with Gasteiger partial charge in [0.2, 0.25) is 11.8 Å². The molecule has 10 nitrogen and oxygen atoms in total. The maximum absolute atomic E-state index is 13.0. The molecule has 29 heavy (non-hydrogen) atoms. The van der Waals surface area contributed by atoms with Crippen molar-refractivity contribution < 1.29 is 18.9 Å². The fourth-order valence-corrected chi connectivity index (χ4v) is 3.65. The average molecular weight is 396 g/mol. The van der Waals surface area contributed by atoms with Gasteiger partial charge < -0.3 is 15.1 Å². The summed E-state index contributed by atoms with van der Waals surface area (Å²) in [5.74, 6) is -1.71. The lowest BCUT2D eigenvalue weighted by atomic mass is 9.96. The number of oxazole rings is 1. The second-order valence-electron chi connectivity index (χ2n) is 6.68. The van der Waals surface area contributed by atoms with Gasteiger partial charge in [-0.15, -0.1) is 0 Å². The largest absolute Gasteiger partial charge is 0.420 e. The van der Waals surface area contributed by atoms with Crippen LogP contribution in [-0.4, -0.2) is 27.8 Å². The van der Waals surface area contributed by atoms with Gasteiger partial charge in [0.05, 0.1) is 16.5 Å². The normalized spacial score (nSPS) is 13.3. The highest BCUT2D eigenvalue weighted by atomic mass is 16.6. The molecule has 3 aromatic rings. The van der Waals surface area contributed by atoms with Gasteiger partial charge in [0.15, 0.2) is 5.58 Å². The maximum Gasteiger partial charge on any atom is 0.420 e. The molecule has 0 spiro atoms. The summed E-state index contributed by atoms with van der Waals surface area (Å²) in [5.41, 5.74) is 7.22. The van der Waals surface area contributed by atoms with E-state index in [4.69, 9.17) is 10.2 Å². The van der Waals surface area contributed by atoms with E-state index in [1.807, 2.05) is 0 Å². The van der Waals surface area contributed by atoms with Crippen LogP contribution in [0.5, 0.6) is 0 Å². The Bertz CT molecular complexity index is 1230. The summed E-state index contributed by atoms with van der Waals surface area (Å²) in [6.07, 6.45) is 1.27. The van der Waals surface area contributed by atoms with Crippen molar-refractivity contribution in [3.8, 4) is 0 Å². The first kappa shape index (κ1) is 18.4. The predicted molar refractivity (Wildman–Crippen MR) is 103 cm³/mol. The number of non-ortho nitro benzene ring substituents is 1. The average Bonchev–Trinajstić information content (AvgIpc) is 3.01. The number of nitro benzene ring substituents is 1. The number of amides is 2. The molecule has 1 aliphatic rings. The predicted octanol–water partition coefficient (Wildman–Crippen LogP) is 1.58. The van der Waals surface area contributed by atoms with Crippen LogP contribution in [0.15, 0.2) is 45.6 Å².